The number of carbonyl (C=O) groups is 4. The Bertz CT molecular complexity index is 1720. The minimum Gasteiger partial charge on any atom is -0.457 e. The van der Waals surface area contributed by atoms with Crippen LogP contribution >= 0.6 is 0 Å². The first-order chi connectivity index (χ1) is 24.1. The lowest BCUT2D eigenvalue weighted by atomic mass is 9.98. The molecular formula is C36H44FN7O6. The Morgan fingerprint density at radius 3 is 2.64 bits per heavy atom. The van der Waals surface area contributed by atoms with E-state index in [1.54, 1.807) is 21.8 Å². The van der Waals surface area contributed by atoms with Crippen LogP contribution in [-0.2, 0) is 27.5 Å². The summed E-state index contributed by atoms with van der Waals surface area (Å²) in [6, 6.07) is 8.00. The zero-order chi connectivity index (χ0) is 35.2. The number of aryl methyl sites for hydroxylation is 1. The number of benzene rings is 2. The Labute approximate surface area is 290 Å². The largest absolute Gasteiger partial charge is 0.457 e. The molecule has 50 heavy (non-hydrogen) atoms. The van der Waals surface area contributed by atoms with Crippen molar-refractivity contribution in [2.24, 2.45) is 5.92 Å². The maximum absolute atomic E-state index is 14.9. The molecule has 3 heterocycles. The van der Waals surface area contributed by atoms with Crippen molar-refractivity contribution in [1.82, 2.24) is 35.4 Å². The van der Waals surface area contributed by atoms with Gasteiger partial charge in [-0.3, -0.25) is 23.9 Å². The van der Waals surface area contributed by atoms with E-state index in [0.29, 0.717) is 37.4 Å². The summed E-state index contributed by atoms with van der Waals surface area (Å²) < 4.78 is 28.7. The molecule has 3 aliphatic rings. The Kier molecular flexibility index (Phi) is 11.1. The summed E-state index contributed by atoms with van der Waals surface area (Å²) >= 11 is 0. The van der Waals surface area contributed by atoms with Crippen molar-refractivity contribution in [3.05, 3.63) is 70.8 Å². The van der Waals surface area contributed by atoms with Gasteiger partial charge in [0.1, 0.15) is 17.3 Å². The molecule has 6 rings (SSSR count). The molecule has 4 bridgehead atoms. The average Bonchev–Trinajstić information content (AvgIpc) is 3.77. The first-order valence-corrected chi connectivity index (χ1v) is 17.3. The van der Waals surface area contributed by atoms with Crippen LogP contribution in [0.25, 0.3) is 0 Å². The van der Waals surface area contributed by atoms with Crippen molar-refractivity contribution < 1.29 is 33.0 Å². The lowest BCUT2D eigenvalue weighted by Gasteiger charge is -2.39. The van der Waals surface area contributed by atoms with Crippen LogP contribution in [0.2, 0.25) is 0 Å². The van der Waals surface area contributed by atoms with E-state index in [9.17, 15) is 23.6 Å². The number of amides is 4. The van der Waals surface area contributed by atoms with E-state index >= 15 is 0 Å². The van der Waals surface area contributed by atoms with E-state index in [4.69, 9.17) is 9.47 Å². The third-order valence-electron chi connectivity index (χ3n) is 9.54. The standard InChI is InChI=1S/C36H44FN7O6/c1-23-19-44(41-40-23)12-10-38-35(47)26-15-27-17-30(16-26)50-29-14-25(13-28(37)18-29)22-49-32-9-11-43(34(46)8-7-24-5-3-4-6-24)20-31(32)39-33(45)21-42(2)36(27)48/h13-19,24,31-32H,3-12,20-22H2,1-2H3,(H,38,47)(H,39,45)/t31-,32+/m1/s1. The van der Waals surface area contributed by atoms with E-state index in [1.807, 2.05) is 6.92 Å². The van der Waals surface area contributed by atoms with Gasteiger partial charge in [-0.1, -0.05) is 30.9 Å². The second-order valence-electron chi connectivity index (χ2n) is 13.5. The fourth-order valence-corrected chi connectivity index (χ4v) is 6.95. The summed E-state index contributed by atoms with van der Waals surface area (Å²) in [5.74, 6) is -1.01. The Morgan fingerprint density at radius 2 is 1.86 bits per heavy atom. The normalized spacial score (nSPS) is 20.2. The van der Waals surface area contributed by atoms with Crippen molar-refractivity contribution in [3.8, 4) is 11.5 Å². The van der Waals surface area contributed by atoms with Gasteiger partial charge in [-0.2, -0.15) is 0 Å². The van der Waals surface area contributed by atoms with Crippen molar-refractivity contribution in [3.63, 3.8) is 0 Å². The molecule has 3 aromatic rings. The quantitative estimate of drug-likeness (QED) is 0.383. The molecule has 266 valence electrons. The number of halogens is 1. The highest BCUT2D eigenvalue weighted by atomic mass is 19.1. The Morgan fingerprint density at radius 1 is 1.06 bits per heavy atom. The van der Waals surface area contributed by atoms with Gasteiger partial charge >= 0.3 is 0 Å². The van der Waals surface area contributed by atoms with Gasteiger partial charge in [0.2, 0.25) is 11.8 Å². The molecule has 2 aromatic carbocycles. The second kappa shape index (κ2) is 15.8. The molecule has 0 radical (unpaired) electrons. The summed E-state index contributed by atoms with van der Waals surface area (Å²) in [5, 5.41) is 13.7. The van der Waals surface area contributed by atoms with E-state index in [0.717, 1.165) is 12.1 Å². The smallest absolute Gasteiger partial charge is 0.254 e. The van der Waals surface area contributed by atoms with Crippen LogP contribution in [0.1, 0.15) is 76.9 Å². The molecule has 2 aliphatic heterocycles. The minimum atomic E-state index is -0.553. The zero-order valence-corrected chi connectivity index (χ0v) is 28.5. The molecule has 1 aliphatic carbocycles. The maximum atomic E-state index is 14.9. The van der Waals surface area contributed by atoms with Crippen LogP contribution in [0.5, 0.6) is 11.5 Å². The molecule has 14 heteroatoms. The van der Waals surface area contributed by atoms with E-state index < -0.39 is 35.7 Å². The molecule has 0 unspecified atom stereocenters. The highest BCUT2D eigenvalue weighted by Crippen LogP contribution is 2.30. The molecule has 2 N–H and O–H groups in total. The van der Waals surface area contributed by atoms with Crippen LogP contribution in [0, 0.1) is 18.7 Å². The van der Waals surface area contributed by atoms with Gasteiger partial charge in [-0.15, -0.1) is 5.10 Å². The first kappa shape index (κ1) is 35.0. The minimum absolute atomic E-state index is 0.0398. The number of nitrogens with zero attached hydrogens (tertiary/aromatic N) is 5. The van der Waals surface area contributed by atoms with Gasteiger partial charge in [-0.05, 0) is 61.6 Å². The summed E-state index contributed by atoms with van der Waals surface area (Å²) in [5.41, 5.74) is 1.50. The number of hydrogen-bond donors (Lipinski definition) is 2. The number of carbonyl (C=O) groups excluding carboxylic acids is 4. The summed E-state index contributed by atoms with van der Waals surface area (Å²) in [6.45, 7) is 2.97. The Hall–Kier alpha value is -4.85. The summed E-state index contributed by atoms with van der Waals surface area (Å²) in [6.07, 6.45) is 7.93. The number of likely N-dealkylation sites (N-methyl/N-ethyl adjacent to an activating group) is 1. The summed E-state index contributed by atoms with van der Waals surface area (Å²) in [7, 11) is 1.49. The molecular weight excluding hydrogens is 645 g/mol. The van der Waals surface area contributed by atoms with Crippen molar-refractivity contribution in [2.75, 3.05) is 33.2 Å². The molecule has 1 saturated heterocycles. The molecule has 13 nitrogen and oxygen atoms in total. The first-order valence-electron chi connectivity index (χ1n) is 17.3. The SMILES string of the molecule is Cc1cn(CCNC(=O)c2cc3cc(c2)C(=O)N(C)CC(=O)N[C@@H]2CN(C(=O)CCC4CCCC4)CC[C@@H]2OCc2cc(F)cc(c2)O3)nn1. The van der Waals surface area contributed by atoms with Crippen LogP contribution in [0.3, 0.4) is 0 Å². The lowest BCUT2D eigenvalue weighted by Crippen LogP contribution is -2.58. The maximum Gasteiger partial charge on any atom is 0.254 e. The molecule has 2 fully saturated rings. The van der Waals surface area contributed by atoms with Gasteiger partial charge in [0.15, 0.2) is 0 Å². The third-order valence-corrected chi connectivity index (χ3v) is 9.54. The van der Waals surface area contributed by atoms with Crippen molar-refractivity contribution >= 4 is 23.6 Å². The number of likely N-dealkylation sites (tertiary alicyclic amines) is 1. The lowest BCUT2D eigenvalue weighted by molar-refractivity contribution is -0.137. The fourth-order valence-electron chi connectivity index (χ4n) is 6.95. The van der Waals surface area contributed by atoms with Gasteiger partial charge < -0.3 is 29.9 Å². The predicted octanol–water partition coefficient (Wildman–Crippen LogP) is 3.61. The van der Waals surface area contributed by atoms with Gasteiger partial charge in [0, 0.05) is 56.5 Å². The van der Waals surface area contributed by atoms with Crippen molar-refractivity contribution in [2.45, 2.75) is 77.2 Å². The van der Waals surface area contributed by atoms with Crippen LogP contribution < -0.4 is 15.4 Å². The monoisotopic (exact) mass is 689 g/mol. The van der Waals surface area contributed by atoms with E-state index in [-0.39, 0.29) is 54.8 Å². The van der Waals surface area contributed by atoms with Gasteiger partial charge in [-0.25, -0.2) is 4.39 Å². The highest BCUT2D eigenvalue weighted by Gasteiger charge is 2.34. The fraction of sp³-hybridized carbons (Fsp3) is 0.500. The zero-order valence-electron chi connectivity index (χ0n) is 28.5. The van der Waals surface area contributed by atoms with Crippen molar-refractivity contribution in [1.29, 1.82) is 0 Å². The molecule has 4 amide bonds. The van der Waals surface area contributed by atoms with Gasteiger partial charge in [0.25, 0.3) is 11.8 Å². The molecule has 1 saturated carbocycles. The number of ether oxygens (including phenoxy) is 2. The summed E-state index contributed by atoms with van der Waals surface area (Å²) in [4.78, 5) is 56.5. The van der Waals surface area contributed by atoms with Crippen LogP contribution in [0.15, 0.2) is 42.6 Å². The van der Waals surface area contributed by atoms with Gasteiger partial charge in [0.05, 0.1) is 37.5 Å². The number of rotatable bonds is 7. The number of piperidine rings is 1. The highest BCUT2D eigenvalue weighted by molar-refractivity contribution is 6.01. The number of nitrogens with one attached hydrogen (secondary N) is 2. The number of aromatic nitrogens is 3. The second-order valence-corrected chi connectivity index (χ2v) is 13.5. The molecule has 1 aromatic heterocycles. The predicted molar refractivity (Wildman–Crippen MR) is 180 cm³/mol. The molecule has 2 atom stereocenters. The Balaban J connectivity index is 1.21. The van der Waals surface area contributed by atoms with Crippen LogP contribution in [-0.4, -0.2) is 93.8 Å². The topological polar surface area (TPSA) is 148 Å². The van der Waals surface area contributed by atoms with E-state index in [1.165, 1.54) is 68.0 Å². The molecule has 0 spiro atoms. The van der Waals surface area contributed by atoms with E-state index in [2.05, 4.69) is 20.9 Å². The number of hydrogen-bond acceptors (Lipinski definition) is 8. The number of fused-ring (bicyclic) bond motifs is 5. The average molecular weight is 690 g/mol. The third kappa shape index (κ3) is 9.03. The van der Waals surface area contributed by atoms with Crippen LogP contribution in [0.4, 0.5) is 4.39 Å².